The summed E-state index contributed by atoms with van der Waals surface area (Å²) < 4.78 is 1.89. The minimum Gasteiger partial charge on any atom is -0.340 e. The number of rotatable bonds is 3. The molecule has 0 aliphatic heterocycles. The van der Waals surface area contributed by atoms with Crippen LogP contribution in [-0.2, 0) is 13.6 Å². The van der Waals surface area contributed by atoms with Gasteiger partial charge in [0.05, 0.1) is 5.54 Å². The number of aromatic nitrogens is 1. The Morgan fingerprint density at radius 3 is 2.62 bits per heavy atom. The molecule has 0 saturated heterocycles. The summed E-state index contributed by atoms with van der Waals surface area (Å²) in [6.07, 6.45) is 5.40. The van der Waals surface area contributed by atoms with E-state index in [1.165, 1.54) is 0 Å². The lowest BCUT2D eigenvalue weighted by molar-refractivity contribution is 0.490. The van der Waals surface area contributed by atoms with Crippen LogP contribution in [0.2, 0.25) is 0 Å². The lowest BCUT2D eigenvalue weighted by atomic mass is 10.1. The first-order valence-electron chi connectivity index (χ1n) is 5.19. The highest BCUT2D eigenvalue weighted by molar-refractivity contribution is 5.34. The fourth-order valence-electron chi connectivity index (χ4n) is 1.42. The normalized spacial score (nSPS) is 10.9. The van der Waals surface area contributed by atoms with Crippen molar-refractivity contribution in [3.63, 3.8) is 0 Å². The summed E-state index contributed by atoms with van der Waals surface area (Å²) in [5.74, 6) is 2.68. The first kappa shape index (κ1) is 12.4. The number of nitriles is 1. The summed E-state index contributed by atoms with van der Waals surface area (Å²) in [6.45, 7) is 6.59. The molecule has 84 valence electrons. The Morgan fingerprint density at radius 2 is 2.19 bits per heavy atom. The first-order chi connectivity index (χ1) is 7.41. The van der Waals surface area contributed by atoms with E-state index < -0.39 is 0 Å². The van der Waals surface area contributed by atoms with E-state index in [2.05, 4.69) is 17.3 Å². The third kappa shape index (κ3) is 2.45. The largest absolute Gasteiger partial charge is 0.340 e. The van der Waals surface area contributed by atoms with Gasteiger partial charge in [-0.1, -0.05) is 5.92 Å². The molecular formula is C13H17N3. The molecule has 0 aliphatic carbocycles. The maximum absolute atomic E-state index is 8.91. The molecule has 0 radical (unpaired) electrons. The Hall–Kier alpha value is -1.71. The van der Waals surface area contributed by atoms with E-state index in [1.807, 2.05) is 38.5 Å². The summed E-state index contributed by atoms with van der Waals surface area (Å²) in [7, 11) is 1.89. The van der Waals surface area contributed by atoms with E-state index in [0.29, 0.717) is 12.2 Å². The van der Waals surface area contributed by atoms with Crippen molar-refractivity contribution in [1.82, 2.24) is 9.88 Å². The average molecular weight is 215 g/mol. The van der Waals surface area contributed by atoms with Gasteiger partial charge in [0, 0.05) is 19.3 Å². The van der Waals surface area contributed by atoms with Gasteiger partial charge in [0.1, 0.15) is 11.8 Å². The van der Waals surface area contributed by atoms with E-state index in [-0.39, 0.29) is 5.54 Å². The highest BCUT2D eigenvalue weighted by Gasteiger charge is 2.14. The van der Waals surface area contributed by atoms with Crippen molar-refractivity contribution in [3.05, 3.63) is 23.0 Å². The third-order valence-electron chi connectivity index (χ3n) is 2.84. The van der Waals surface area contributed by atoms with Gasteiger partial charge in [-0.3, -0.25) is 5.32 Å². The molecule has 1 rings (SSSR count). The summed E-state index contributed by atoms with van der Waals surface area (Å²) in [4.78, 5) is 0. The molecule has 0 amide bonds. The van der Waals surface area contributed by atoms with Gasteiger partial charge in [0.2, 0.25) is 0 Å². The van der Waals surface area contributed by atoms with Crippen LogP contribution in [0.15, 0.2) is 6.07 Å². The van der Waals surface area contributed by atoms with Crippen LogP contribution in [0.1, 0.15) is 30.8 Å². The second-order valence-corrected chi connectivity index (χ2v) is 4.43. The standard InChI is InChI=1S/C13H17N3/c1-6-13(3,4)15-9-11-7-12(8-14)16(5)10(11)2/h1,7,15H,9H2,2-5H3. The minimum atomic E-state index is -0.324. The van der Waals surface area contributed by atoms with Crippen LogP contribution >= 0.6 is 0 Å². The monoisotopic (exact) mass is 215 g/mol. The molecule has 1 N–H and O–H groups in total. The molecule has 0 bridgehead atoms. The van der Waals surface area contributed by atoms with Gasteiger partial charge >= 0.3 is 0 Å². The summed E-state index contributed by atoms with van der Waals surface area (Å²) in [5, 5.41) is 12.2. The Labute approximate surface area is 97.1 Å². The second kappa shape index (κ2) is 4.43. The molecule has 0 atom stereocenters. The van der Waals surface area contributed by atoms with Crippen molar-refractivity contribution in [3.8, 4) is 18.4 Å². The minimum absolute atomic E-state index is 0.324. The zero-order valence-electron chi connectivity index (χ0n) is 10.3. The van der Waals surface area contributed by atoms with Gasteiger partial charge in [0.15, 0.2) is 0 Å². The van der Waals surface area contributed by atoms with Crippen molar-refractivity contribution in [2.24, 2.45) is 7.05 Å². The molecule has 3 nitrogen and oxygen atoms in total. The van der Waals surface area contributed by atoms with Crippen molar-refractivity contribution < 1.29 is 0 Å². The summed E-state index contributed by atoms with van der Waals surface area (Å²) in [6, 6.07) is 4.06. The van der Waals surface area contributed by atoms with Crippen molar-refractivity contribution in [2.75, 3.05) is 0 Å². The molecule has 16 heavy (non-hydrogen) atoms. The Kier molecular flexibility index (Phi) is 3.42. The van der Waals surface area contributed by atoms with Gasteiger partial charge in [0.25, 0.3) is 0 Å². The predicted molar refractivity (Wildman–Crippen MR) is 64.6 cm³/mol. The zero-order chi connectivity index (χ0) is 12.3. The molecule has 3 heteroatoms. The molecule has 0 unspecified atom stereocenters. The lowest BCUT2D eigenvalue weighted by Crippen LogP contribution is -2.37. The molecule has 0 aliphatic rings. The predicted octanol–water partition coefficient (Wildman–Crippen LogP) is 1.71. The Balaban J connectivity index is 2.85. The molecular weight excluding hydrogens is 198 g/mol. The van der Waals surface area contributed by atoms with Gasteiger partial charge < -0.3 is 4.57 Å². The molecule has 1 aromatic heterocycles. The van der Waals surface area contributed by atoms with Crippen LogP contribution in [-0.4, -0.2) is 10.1 Å². The molecule has 1 aromatic rings. The summed E-state index contributed by atoms with van der Waals surface area (Å²) in [5.41, 5.74) is 2.56. The van der Waals surface area contributed by atoms with Crippen LogP contribution in [0.4, 0.5) is 0 Å². The topological polar surface area (TPSA) is 40.8 Å². The molecule has 0 aromatic carbocycles. The van der Waals surface area contributed by atoms with Crippen LogP contribution < -0.4 is 5.32 Å². The maximum atomic E-state index is 8.91. The van der Waals surface area contributed by atoms with Crippen LogP contribution in [0.5, 0.6) is 0 Å². The molecule has 1 heterocycles. The quantitative estimate of drug-likeness (QED) is 0.780. The van der Waals surface area contributed by atoms with E-state index in [9.17, 15) is 0 Å². The molecule has 0 saturated carbocycles. The Bertz CT molecular complexity index is 467. The van der Waals surface area contributed by atoms with Crippen molar-refractivity contribution >= 4 is 0 Å². The first-order valence-corrected chi connectivity index (χ1v) is 5.19. The molecule has 0 spiro atoms. The number of terminal acetylenes is 1. The smallest absolute Gasteiger partial charge is 0.120 e. The maximum Gasteiger partial charge on any atom is 0.120 e. The number of nitrogens with one attached hydrogen (secondary N) is 1. The van der Waals surface area contributed by atoms with Gasteiger partial charge in [-0.2, -0.15) is 5.26 Å². The fraction of sp³-hybridized carbons (Fsp3) is 0.462. The third-order valence-corrected chi connectivity index (χ3v) is 2.84. The van der Waals surface area contributed by atoms with Gasteiger partial charge in [-0.15, -0.1) is 6.42 Å². The van der Waals surface area contributed by atoms with E-state index in [1.54, 1.807) is 0 Å². The van der Waals surface area contributed by atoms with Crippen molar-refractivity contribution in [2.45, 2.75) is 32.9 Å². The SMILES string of the molecule is C#CC(C)(C)NCc1cc(C#N)n(C)c1C. The highest BCUT2D eigenvalue weighted by atomic mass is 15.0. The highest BCUT2D eigenvalue weighted by Crippen LogP contribution is 2.14. The fourth-order valence-corrected chi connectivity index (χ4v) is 1.42. The zero-order valence-corrected chi connectivity index (χ0v) is 10.3. The van der Waals surface area contributed by atoms with Crippen LogP contribution in [0.3, 0.4) is 0 Å². The van der Waals surface area contributed by atoms with Gasteiger partial charge in [-0.25, -0.2) is 0 Å². The number of hydrogen-bond donors (Lipinski definition) is 1. The van der Waals surface area contributed by atoms with Gasteiger partial charge in [-0.05, 0) is 32.4 Å². The van der Waals surface area contributed by atoms with E-state index >= 15 is 0 Å². The average Bonchev–Trinajstić information content (AvgIpc) is 2.53. The molecule has 0 fully saturated rings. The second-order valence-electron chi connectivity index (χ2n) is 4.43. The lowest BCUT2D eigenvalue weighted by Gasteiger charge is -2.19. The number of nitrogens with zero attached hydrogens (tertiary/aromatic N) is 2. The van der Waals surface area contributed by atoms with Crippen LogP contribution in [0.25, 0.3) is 0 Å². The number of hydrogen-bond acceptors (Lipinski definition) is 2. The van der Waals surface area contributed by atoms with Crippen LogP contribution in [0, 0.1) is 30.6 Å². The van der Waals surface area contributed by atoms with E-state index in [4.69, 9.17) is 11.7 Å². The van der Waals surface area contributed by atoms with E-state index in [0.717, 1.165) is 11.3 Å². The summed E-state index contributed by atoms with van der Waals surface area (Å²) >= 11 is 0. The Morgan fingerprint density at radius 1 is 1.56 bits per heavy atom. The van der Waals surface area contributed by atoms with Crippen molar-refractivity contribution in [1.29, 1.82) is 5.26 Å².